The quantitative estimate of drug-likeness (QED) is 0.715. The number of rotatable bonds is 3. The molecule has 0 fully saturated rings. The lowest BCUT2D eigenvalue weighted by molar-refractivity contribution is -0.119. The van der Waals surface area contributed by atoms with Gasteiger partial charge in [0.15, 0.2) is 0 Å². The van der Waals surface area contributed by atoms with Gasteiger partial charge >= 0.3 is 0 Å². The average Bonchev–Trinajstić information content (AvgIpc) is 1.91. The molecule has 1 unspecified atom stereocenters. The monoisotopic (exact) mass is 370 g/mol. The lowest BCUT2D eigenvalue weighted by Crippen LogP contribution is -2.08. The number of Topliss-reactive ketones (excluding diaryl/α,β-unsaturated/α-hetero) is 1. The van der Waals surface area contributed by atoms with Crippen molar-refractivity contribution in [3.8, 4) is 0 Å². The van der Waals surface area contributed by atoms with Gasteiger partial charge in [-0.3, -0.25) is 4.79 Å². The van der Waals surface area contributed by atoms with Crippen molar-refractivity contribution in [2.75, 3.05) is 7.11 Å². The van der Waals surface area contributed by atoms with Crippen LogP contribution in [0, 0.1) is 0 Å². The molecule has 0 rings (SSSR count). The van der Waals surface area contributed by atoms with Gasteiger partial charge in [-0.15, -0.1) is 0 Å². The first-order chi connectivity index (χ1) is 4.66. The van der Waals surface area contributed by atoms with Crippen LogP contribution in [0.3, 0.4) is 0 Å². The molecular weight excluding hydrogens is 358 g/mol. The van der Waals surface area contributed by atoms with E-state index in [9.17, 15) is 4.79 Å². The van der Waals surface area contributed by atoms with Gasteiger partial charge in [0.05, 0.1) is 6.10 Å². The normalized spacial score (nSPS) is 11.3. The van der Waals surface area contributed by atoms with Crippen LogP contribution in [0.25, 0.3) is 0 Å². The summed E-state index contributed by atoms with van der Waals surface area (Å²) in [6.07, 6.45) is 0.601. The minimum atomic E-state index is 0.0764. The predicted molar refractivity (Wildman–Crippen MR) is 59.8 cm³/mol. The van der Waals surface area contributed by atoms with Crippen LogP contribution in [-0.4, -0.2) is 19.0 Å². The molecule has 0 heterocycles. The number of carbonyl (C=O) groups is 1. The molecule has 0 spiro atoms. The molecule has 0 radical (unpaired) electrons. The van der Waals surface area contributed by atoms with Gasteiger partial charge in [0, 0.05) is 50.8 Å². The Balaban J connectivity index is 0. The lowest BCUT2D eigenvalue weighted by Gasteiger charge is -2.03. The summed E-state index contributed by atoms with van der Waals surface area (Å²) in [5, 5.41) is 0. The maximum absolute atomic E-state index is 10.3. The number of ketones is 1. The van der Waals surface area contributed by atoms with Gasteiger partial charge in [0.1, 0.15) is 5.78 Å². The minimum Gasteiger partial charge on any atom is -0.381 e. The first kappa shape index (κ1) is 13.7. The number of halogens is 2. The van der Waals surface area contributed by atoms with Crippen LogP contribution in [0.1, 0.15) is 20.3 Å². The molecule has 0 saturated carbocycles. The molecule has 0 aliphatic heterocycles. The highest BCUT2D eigenvalue weighted by atomic mass is 128. The Morgan fingerprint density at radius 3 is 2.10 bits per heavy atom. The second-order valence-electron chi connectivity index (χ2n) is 1.95. The van der Waals surface area contributed by atoms with Gasteiger partial charge in [-0.05, 0) is 13.8 Å². The van der Waals surface area contributed by atoms with E-state index in [2.05, 4.69) is 37.2 Å². The van der Waals surface area contributed by atoms with Crippen LogP contribution < -0.4 is 0 Å². The van der Waals surface area contributed by atoms with Crippen LogP contribution in [0.5, 0.6) is 0 Å². The average molecular weight is 370 g/mol. The molecule has 0 aromatic rings. The molecule has 0 saturated heterocycles. The molecule has 62 valence electrons. The zero-order valence-electron chi connectivity index (χ0n) is 6.36. The number of hydrogen-bond acceptors (Lipinski definition) is 2. The van der Waals surface area contributed by atoms with Crippen LogP contribution in [0.2, 0.25) is 0 Å². The van der Waals surface area contributed by atoms with Gasteiger partial charge < -0.3 is 4.74 Å². The van der Waals surface area contributed by atoms with Gasteiger partial charge in [-0.2, -0.15) is 0 Å². The van der Waals surface area contributed by atoms with E-state index < -0.39 is 0 Å². The summed E-state index contributed by atoms with van der Waals surface area (Å²) >= 11 is 4.24. The molecule has 0 amide bonds. The maximum atomic E-state index is 10.3. The van der Waals surface area contributed by atoms with E-state index in [1.165, 1.54) is 0 Å². The van der Waals surface area contributed by atoms with E-state index in [0.717, 1.165) is 0 Å². The number of ether oxygens (including phenoxy) is 1. The number of methoxy groups -OCH3 is 1. The zero-order chi connectivity index (χ0) is 8.57. The Morgan fingerprint density at radius 1 is 1.60 bits per heavy atom. The molecule has 0 aliphatic carbocycles. The van der Waals surface area contributed by atoms with Crippen LogP contribution in [-0.2, 0) is 9.53 Å². The van der Waals surface area contributed by atoms with E-state index >= 15 is 0 Å². The van der Waals surface area contributed by atoms with Crippen molar-refractivity contribution in [3.63, 3.8) is 0 Å². The van der Waals surface area contributed by atoms with Crippen molar-refractivity contribution in [1.82, 2.24) is 0 Å². The maximum Gasteiger partial charge on any atom is 0.132 e. The molecule has 0 aliphatic rings. The van der Waals surface area contributed by atoms with Crippen LogP contribution >= 0.6 is 37.2 Å². The molecular formula is C6H12I2O2. The van der Waals surface area contributed by atoms with Gasteiger partial charge in [0.25, 0.3) is 0 Å². The summed E-state index contributed by atoms with van der Waals surface area (Å²) in [4.78, 5) is 10.3. The Labute approximate surface area is 85.4 Å². The first-order valence-electron chi connectivity index (χ1n) is 2.83. The zero-order valence-corrected chi connectivity index (χ0v) is 10.7. The Hall–Kier alpha value is 1.09. The molecule has 2 nitrogen and oxygen atoms in total. The second-order valence-corrected chi connectivity index (χ2v) is 1.95. The van der Waals surface area contributed by atoms with E-state index in [1.807, 2.05) is 6.92 Å². The summed E-state index contributed by atoms with van der Waals surface area (Å²) in [5.41, 5.74) is 0. The molecule has 4 heteroatoms. The van der Waals surface area contributed by atoms with Crippen molar-refractivity contribution in [1.29, 1.82) is 0 Å². The third kappa shape index (κ3) is 11.8. The van der Waals surface area contributed by atoms with Crippen molar-refractivity contribution in [3.05, 3.63) is 0 Å². The topological polar surface area (TPSA) is 26.3 Å². The molecule has 0 aromatic carbocycles. The van der Waals surface area contributed by atoms with E-state index in [0.29, 0.717) is 6.42 Å². The minimum absolute atomic E-state index is 0.0764. The van der Waals surface area contributed by atoms with Crippen molar-refractivity contribution in [2.45, 2.75) is 26.4 Å². The fraction of sp³-hybridized carbons (Fsp3) is 0.833. The van der Waals surface area contributed by atoms with Gasteiger partial charge in [-0.1, -0.05) is 0 Å². The fourth-order valence-corrected chi connectivity index (χ4v) is 0.488. The summed E-state index contributed by atoms with van der Waals surface area (Å²) in [6, 6.07) is 0. The summed E-state index contributed by atoms with van der Waals surface area (Å²) in [7, 11) is 1.60. The van der Waals surface area contributed by atoms with Crippen LogP contribution in [0.4, 0.5) is 0 Å². The van der Waals surface area contributed by atoms with Crippen molar-refractivity contribution >= 4 is 43.0 Å². The van der Waals surface area contributed by atoms with E-state index in [-0.39, 0.29) is 11.9 Å². The molecule has 0 bridgehead atoms. The highest BCUT2D eigenvalue weighted by molar-refractivity contribution is 15.0. The predicted octanol–water partition coefficient (Wildman–Crippen LogP) is 2.77. The third-order valence-electron chi connectivity index (χ3n) is 0.977. The molecule has 0 N–H and O–H groups in total. The second kappa shape index (κ2) is 10.1. The Bertz CT molecular complexity index is 85.8. The van der Waals surface area contributed by atoms with Crippen LogP contribution in [0.15, 0.2) is 0 Å². The summed E-state index contributed by atoms with van der Waals surface area (Å²) < 4.78 is 4.84. The Morgan fingerprint density at radius 2 is 2.00 bits per heavy atom. The highest BCUT2D eigenvalue weighted by Crippen LogP contribution is 1.94. The molecule has 0 aromatic heterocycles. The molecule has 1 atom stereocenters. The van der Waals surface area contributed by atoms with Crippen molar-refractivity contribution < 1.29 is 9.53 Å². The van der Waals surface area contributed by atoms with E-state index in [1.54, 1.807) is 14.0 Å². The Kier molecular flexibility index (Phi) is 13.8. The standard InChI is InChI=1S/C6H12O2.I2/c1-5(7)4-6(2)8-3;1-2/h6H,4H2,1-3H3;. The SMILES string of the molecule is COC(C)CC(C)=O.II. The number of hydrogen-bond donors (Lipinski definition) is 0. The number of carbonyl (C=O) groups excluding carboxylic acids is 1. The third-order valence-corrected chi connectivity index (χ3v) is 0.977. The highest BCUT2D eigenvalue weighted by Gasteiger charge is 2.00. The summed E-state index contributed by atoms with van der Waals surface area (Å²) in [6.45, 7) is 3.44. The summed E-state index contributed by atoms with van der Waals surface area (Å²) in [5.74, 6) is 0.180. The van der Waals surface area contributed by atoms with Gasteiger partial charge in [-0.25, -0.2) is 0 Å². The van der Waals surface area contributed by atoms with E-state index in [4.69, 9.17) is 4.74 Å². The fourth-order valence-electron chi connectivity index (χ4n) is 0.488. The largest absolute Gasteiger partial charge is 0.381 e. The van der Waals surface area contributed by atoms with Crippen molar-refractivity contribution in [2.24, 2.45) is 0 Å². The smallest absolute Gasteiger partial charge is 0.132 e. The molecule has 10 heavy (non-hydrogen) atoms. The first-order valence-corrected chi connectivity index (χ1v) is 9.12. The lowest BCUT2D eigenvalue weighted by atomic mass is 10.2. The van der Waals surface area contributed by atoms with Gasteiger partial charge in [0.2, 0.25) is 0 Å².